The molecular weight excluding hydrogens is 414 g/mol. The van der Waals surface area contributed by atoms with E-state index in [4.69, 9.17) is 4.98 Å². The Balaban J connectivity index is 1.43. The topological polar surface area (TPSA) is 105 Å². The molecule has 0 saturated heterocycles. The summed E-state index contributed by atoms with van der Waals surface area (Å²) in [5.74, 6) is 1.81. The number of hydrogen-bond acceptors (Lipinski definition) is 8. The highest BCUT2D eigenvalue weighted by molar-refractivity contribution is 5.82. The van der Waals surface area contributed by atoms with Crippen molar-refractivity contribution < 1.29 is 0 Å². The van der Waals surface area contributed by atoms with Crippen LogP contribution in [0.25, 0.3) is 28.1 Å². The van der Waals surface area contributed by atoms with E-state index in [2.05, 4.69) is 55.2 Å². The van der Waals surface area contributed by atoms with Crippen molar-refractivity contribution in [3.05, 3.63) is 84.9 Å². The molecule has 5 aromatic rings. The highest BCUT2D eigenvalue weighted by atomic mass is 15.4. The predicted octanol–water partition coefficient (Wildman–Crippen LogP) is 3.99. The van der Waals surface area contributed by atoms with Gasteiger partial charge in [-0.3, -0.25) is 9.99 Å². The molecule has 5 rings (SSSR count). The second-order valence-electron chi connectivity index (χ2n) is 7.47. The van der Waals surface area contributed by atoms with Crippen LogP contribution in [-0.2, 0) is 0 Å². The Kier molecular flexibility index (Phi) is 5.61. The third kappa shape index (κ3) is 4.35. The molecule has 0 aliphatic carbocycles. The van der Waals surface area contributed by atoms with Crippen molar-refractivity contribution in [2.24, 2.45) is 0 Å². The van der Waals surface area contributed by atoms with Crippen molar-refractivity contribution in [1.29, 1.82) is 0 Å². The average Bonchev–Trinajstić information content (AvgIpc) is 3.28. The number of hydrazine groups is 1. The lowest BCUT2D eigenvalue weighted by Crippen LogP contribution is -2.17. The van der Waals surface area contributed by atoms with E-state index in [1.54, 1.807) is 25.8 Å². The summed E-state index contributed by atoms with van der Waals surface area (Å²) in [7, 11) is 1.77. The second-order valence-corrected chi connectivity index (χ2v) is 7.47. The summed E-state index contributed by atoms with van der Waals surface area (Å²) in [6.45, 7) is 2.09. The maximum Gasteiger partial charge on any atom is 0.237 e. The van der Waals surface area contributed by atoms with Crippen LogP contribution < -0.4 is 16.2 Å². The summed E-state index contributed by atoms with van der Waals surface area (Å²) >= 11 is 0. The highest BCUT2D eigenvalue weighted by Crippen LogP contribution is 2.25. The molecule has 9 heteroatoms. The van der Waals surface area contributed by atoms with E-state index in [-0.39, 0.29) is 6.04 Å². The molecule has 0 spiro atoms. The normalized spacial score (nSPS) is 11.9. The average molecular weight is 438 g/mol. The maximum atomic E-state index is 4.71. The number of fused-ring (bicyclic) bond motifs is 1. The first-order valence-electron chi connectivity index (χ1n) is 10.6. The maximum absolute atomic E-state index is 4.71. The first kappa shape index (κ1) is 20.5. The molecule has 164 valence electrons. The lowest BCUT2D eigenvalue weighted by Gasteiger charge is -2.14. The van der Waals surface area contributed by atoms with E-state index in [0.29, 0.717) is 11.9 Å². The van der Waals surface area contributed by atoms with E-state index in [0.717, 1.165) is 28.1 Å². The van der Waals surface area contributed by atoms with Crippen molar-refractivity contribution in [2.45, 2.75) is 13.0 Å². The van der Waals surface area contributed by atoms with Crippen LogP contribution in [0, 0.1) is 0 Å². The van der Waals surface area contributed by atoms with Gasteiger partial charge < -0.3 is 5.32 Å². The van der Waals surface area contributed by atoms with Crippen LogP contribution in [0.1, 0.15) is 18.5 Å². The van der Waals surface area contributed by atoms with Crippen molar-refractivity contribution in [2.75, 3.05) is 17.8 Å². The zero-order valence-corrected chi connectivity index (χ0v) is 18.3. The quantitative estimate of drug-likeness (QED) is 0.328. The van der Waals surface area contributed by atoms with E-state index >= 15 is 0 Å². The molecule has 33 heavy (non-hydrogen) atoms. The molecular formula is C24H23N9. The van der Waals surface area contributed by atoms with Crippen molar-refractivity contribution in [3.63, 3.8) is 0 Å². The first-order chi connectivity index (χ1) is 16.2. The first-order valence-corrected chi connectivity index (χ1v) is 10.6. The van der Waals surface area contributed by atoms with Gasteiger partial charge in [0, 0.05) is 25.0 Å². The Labute approximate surface area is 191 Å². The molecule has 0 unspecified atom stereocenters. The van der Waals surface area contributed by atoms with Crippen LogP contribution >= 0.6 is 0 Å². The Morgan fingerprint density at radius 3 is 2.52 bits per heavy atom. The van der Waals surface area contributed by atoms with Gasteiger partial charge in [0.2, 0.25) is 11.9 Å². The Hall–Kier alpha value is -4.37. The van der Waals surface area contributed by atoms with Gasteiger partial charge in [-0.15, -0.1) is 0 Å². The highest BCUT2D eigenvalue weighted by Gasteiger charge is 2.11. The zero-order valence-electron chi connectivity index (χ0n) is 18.3. The fraction of sp³-hybridized carbons (Fsp3) is 0.125. The number of benzene rings is 2. The number of nitrogens with zero attached hydrogens (tertiary/aromatic N) is 6. The number of imidazole rings is 1. The van der Waals surface area contributed by atoms with E-state index in [9.17, 15) is 0 Å². The molecule has 0 amide bonds. The minimum Gasteiger partial charge on any atom is -0.348 e. The van der Waals surface area contributed by atoms with Crippen LogP contribution in [0.5, 0.6) is 0 Å². The van der Waals surface area contributed by atoms with E-state index in [1.807, 2.05) is 53.1 Å². The monoisotopic (exact) mass is 437 g/mol. The van der Waals surface area contributed by atoms with Crippen molar-refractivity contribution in [3.8, 4) is 17.1 Å². The van der Waals surface area contributed by atoms with Crippen LogP contribution in [0.2, 0.25) is 0 Å². The molecule has 3 heterocycles. The van der Waals surface area contributed by atoms with Crippen LogP contribution in [0.3, 0.4) is 0 Å². The molecule has 3 aromatic heterocycles. The van der Waals surface area contributed by atoms with Gasteiger partial charge in [-0.2, -0.15) is 4.98 Å². The van der Waals surface area contributed by atoms with Crippen LogP contribution in [0.15, 0.2) is 79.4 Å². The lowest BCUT2D eigenvalue weighted by molar-refractivity contribution is 0.854. The Bertz CT molecular complexity index is 1380. The standard InChI is InChI=1S/C24H23N9/c1-16(17-6-4-3-5-7-17)29-23-26-13-11-22(31-23)33-15-28-20-14-18(8-9-21(20)33)19-10-12-27-24(30-19)32-25-2/h3-16,25H,1-2H3,(H,26,29,31)(H,27,30,32)/t16-/m0/s1. The summed E-state index contributed by atoms with van der Waals surface area (Å²) in [6.07, 6.45) is 5.24. The van der Waals surface area contributed by atoms with Crippen molar-refractivity contribution in [1.82, 2.24) is 34.9 Å². The van der Waals surface area contributed by atoms with Gasteiger partial charge >= 0.3 is 0 Å². The number of rotatable bonds is 7. The summed E-state index contributed by atoms with van der Waals surface area (Å²) in [4.78, 5) is 22.4. The molecule has 2 aromatic carbocycles. The minimum absolute atomic E-state index is 0.0821. The van der Waals surface area contributed by atoms with E-state index in [1.165, 1.54) is 5.56 Å². The smallest absolute Gasteiger partial charge is 0.237 e. The Morgan fingerprint density at radius 2 is 1.67 bits per heavy atom. The van der Waals surface area contributed by atoms with E-state index < -0.39 is 0 Å². The van der Waals surface area contributed by atoms with Crippen LogP contribution in [0.4, 0.5) is 11.9 Å². The SMILES string of the molecule is CNNc1nccc(-c2ccc3c(c2)ncn3-c2ccnc(N[C@@H](C)c3ccccc3)n2)n1. The molecule has 3 N–H and O–H groups in total. The number of nitrogens with one attached hydrogen (secondary N) is 3. The van der Waals surface area contributed by atoms with Gasteiger partial charge in [0.25, 0.3) is 0 Å². The fourth-order valence-corrected chi connectivity index (χ4v) is 3.62. The molecule has 0 saturated carbocycles. The Morgan fingerprint density at radius 1 is 0.848 bits per heavy atom. The number of anilines is 2. The molecule has 0 radical (unpaired) electrons. The van der Waals surface area contributed by atoms with Crippen LogP contribution in [-0.4, -0.2) is 36.5 Å². The summed E-state index contributed by atoms with van der Waals surface area (Å²) in [5.41, 5.74) is 10.5. The molecule has 0 aliphatic heterocycles. The third-order valence-electron chi connectivity index (χ3n) is 5.27. The summed E-state index contributed by atoms with van der Waals surface area (Å²) in [6, 6.07) is 20.1. The number of aromatic nitrogens is 6. The van der Waals surface area contributed by atoms with Gasteiger partial charge in [0.1, 0.15) is 12.1 Å². The lowest BCUT2D eigenvalue weighted by atomic mass is 10.1. The fourth-order valence-electron chi connectivity index (χ4n) is 3.62. The molecule has 9 nitrogen and oxygen atoms in total. The predicted molar refractivity (Wildman–Crippen MR) is 129 cm³/mol. The molecule has 1 atom stereocenters. The third-order valence-corrected chi connectivity index (χ3v) is 5.27. The van der Waals surface area contributed by atoms with Gasteiger partial charge in [0.05, 0.1) is 22.8 Å². The summed E-state index contributed by atoms with van der Waals surface area (Å²) < 4.78 is 1.95. The van der Waals surface area contributed by atoms with Gasteiger partial charge in [-0.25, -0.2) is 25.4 Å². The minimum atomic E-state index is 0.0821. The van der Waals surface area contributed by atoms with Gasteiger partial charge in [-0.05, 0) is 36.8 Å². The number of hydrogen-bond donors (Lipinski definition) is 3. The van der Waals surface area contributed by atoms with Gasteiger partial charge in [-0.1, -0.05) is 36.4 Å². The van der Waals surface area contributed by atoms with Crippen molar-refractivity contribution >= 4 is 22.9 Å². The zero-order chi connectivity index (χ0) is 22.6. The molecule has 0 aliphatic rings. The largest absolute Gasteiger partial charge is 0.348 e. The van der Waals surface area contributed by atoms with Gasteiger partial charge in [0.15, 0.2) is 0 Å². The second kappa shape index (κ2) is 9.01. The molecule has 0 fully saturated rings. The summed E-state index contributed by atoms with van der Waals surface area (Å²) in [5, 5.41) is 3.37. The molecule has 0 bridgehead atoms.